The molecule has 4 nitrogen and oxygen atoms in total. The highest BCUT2D eigenvalue weighted by molar-refractivity contribution is 5.85. The first kappa shape index (κ1) is 21.4. The van der Waals surface area contributed by atoms with Crippen molar-refractivity contribution < 1.29 is 4.74 Å². The van der Waals surface area contributed by atoms with E-state index in [1.54, 1.807) is 7.11 Å². The van der Waals surface area contributed by atoms with E-state index >= 15 is 0 Å². The fourth-order valence-corrected chi connectivity index (χ4v) is 4.23. The van der Waals surface area contributed by atoms with Crippen LogP contribution in [0.3, 0.4) is 0 Å². The zero-order valence-corrected chi connectivity index (χ0v) is 19.3. The molecule has 3 rings (SSSR count). The minimum Gasteiger partial charge on any atom is -0.480 e. The molecule has 0 saturated carbocycles. The molecule has 0 saturated heterocycles. The summed E-state index contributed by atoms with van der Waals surface area (Å²) >= 11 is 0. The van der Waals surface area contributed by atoms with Crippen LogP contribution in [-0.2, 0) is 6.42 Å². The number of nitrogens with zero attached hydrogens (tertiary/aromatic N) is 3. The summed E-state index contributed by atoms with van der Waals surface area (Å²) in [5, 5.41) is 0. The summed E-state index contributed by atoms with van der Waals surface area (Å²) in [4.78, 5) is 9.98. The molecular weight excluding hydrogens is 358 g/mol. The lowest BCUT2D eigenvalue weighted by Gasteiger charge is -2.19. The maximum atomic E-state index is 5.75. The number of pyridine rings is 2. The van der Waals surface area contributed by atoms with Gasteiger partial charge in [-0.25, -0.2) is 9.97 Å². The molecule has 3 aromatic rings. The van der Waals surface area contributed by atoms with E-state index in [-0.39, 0.29) is 0 Å². The highest BCUT2D eigenvalue weighted by Gasteiger charge is 2.21. The van der Waals surface area contributed by atoms with Crippen LogP contribution in [0.5, 0.6) is 5.88 Å². The van der Waals surface area contributed by atoms with Crippen molar-refractivity contribution in [1.29, 1.82) is 0 Å². The maximum absolute atomic E-state index is 5.75. The number of methoxy groups -OCH3 is 1. The number of rotatable bonds is 7. The summed E-state index contributed by atoms with van der Waals surface area (Å²) in [6, 6.07) is 5.01. The van der Waals surface area contributed by atoms with Gasteiger partial charge in [-0.15, -0.1) is 0 Å². The van der Waals surface area contributed by atoms with Gasteiger partial charge in [-0.2, -0.15) is 0 Å². The Morgan fingerprint density at radius 3 is 2.24 bits per heavy atom. The van der Waals surface area contributed by atoms with E-state index in [1.807, 2.05) is 0 Å². The van der Waals surface area contributed by atoms with Crippen LogP contribution in [0.25, 0.3) is 22.3 Å². The standard InChI is InChI=1S/C25H35N3O/c1-9-18-13-20(15(4)5)26-25(29-8)22(18)24-16(6)12-21-23(27-24)17(7)14-28(21)19(10-2)11-3/h12-15,19H,9-11H2,1-8H3. The van der Waals surface area contributed by atoms with Crippen LogP contribution in [0, 0.1) is 13.8 Å². The van der Waals surface area contributed by atoms with Gasteiger partial charge in [0.05, 0.1) is 29.4 Å². The molecule has 0 radical (unpaired) electrons. The van der Waals surface area contributed by atoms with Gasteiger partial charge in [0.2, 0.25) is 5.88 Å². The normalized spacial score (nSPS) is 11.8. The molecule has 0 unspecified atom stereocenters. The second-order valence-electron chi connectivity index (χ2n) is 8.31. The SMILES string of the molecule is CCc1cc(C(C)C)nc(OC)c1-c1nc2c(C)cn(C(CC)CC)c2cc1C. The van der Waals surface area contributed by atoms with E-state index in [0.29, 0.717) is 17.8 Å². The Bertz CT molecular complexity index is 988. The van der Waals surface area contributed by atoms with Crippen LogP contribution >= 0.6 is 0 Å². The number of hydrogen-bond donors (Lipinski definition) is 0. The third-order valence-electron chi connectivity index (χ3n) is 6.00. The predicted molar refractivity (Wildman–Crippen MR) is 122 cm³/mol. The Morgan fingerprint density at radius 2 is 1.69 bits per heavy atom. The molecule has 0 fully saturated rings. The monoisotopic (exact) mass is 393 g/mol. The molecule has 3 aromatic heterocycles. The first-order valence-corrected chi connectivity index (χ1v) is 10.9. The predicted octanol–water partition coefficient (Wildman–Crippen LogP) is 6.77. The first-order chi connectivity index (χ1) is 13.9. The summed E-state index contributed by atoms with van der Waals surface area (Å²) in [5.41, 5.74) is 9.01. The number of fused-ring (bicyclic) bond motifs is 1. The van der Waals surface area contributed by atoms with Gasteiger partial charge < -0.3 is 9.30 Å². The van der Waals surface area contributed by atoms with E-state index < -0.39 is 0 Å². The van der Waals surface area contributed by atoms with Crippen molar-refractivity contribution in [1.82, 2.24) is 14.5 Å². The Balaban J connectivity index is 2.29. The van der Waals surface area contributed by atoms with Gasteiger partial charge in [0, 0.05) is 17.9 Å². The lowest BCUT2D eigenvalue weighted by Crippen LogP contribution is -2.06. The third kappa shape index (κ3) is 3.77. The fourth-order valence-electron chi connectivity index (χ4n) is 4.23. The smallest absolute Gasteiger partial charge is 0.223 e. The Labute approximate surface area is 175 Å². The second kappa shape index (κ2) is 8.56. The molecule has 0 amide bonds. The zero-order chi connectivity index (χ0) is 21.3. The van der Waals surface area contributed by atoms with E-state index in [9.17, 15) is 0 Å². The molecule has 0 aliphatic heterocycles. The first-order valence-electron chi connectivity index (χ1n) is 10.9. The lowest BCUT2D eigenvalue weighted by molar-refractivity contribution is 0.396. The van der Waals surface area contributed by atoms with Crippen molar-refractivity contribution in [2.24, 2.45) is 0 Å². The number of aryl methyl sites for hydroxylation is 3. The highest BCUT2D eigenvalue weighted by atomic mass is 16.5. The van der Waals surface area contributed by atoms with Crippen molar-refractivity contribution in [3.05, 3.63) is 40.7 Å². The topological polar surface area (TPSA) is 39.9 Å². The van der Waals surface area contributed by atoms with Crippen LogP contribution in [0.4, 0.5) is 0 Å². The largest absolute Gasteiger partial charge is 0.480 e. The fraction of sp³-hybridized carbons (Fsp3) is 0.520. The molecule has 4 heteroatoms. The Kier molecular flexibility index (Phi) is 6.30. The van der Waals surface area contributed by atoms with Crippen LogP contribution in [0.15, 0.2) is 18.3 Å². The van der Waals surface area contributed by atoms with Crippen molar-refractivity contribution in [3.63, 3.8) is 0 Å². The number of ether oxygens (including phenoxy) is 1. The molecule has 0 aliphatic carbocycles. The summed E-state index contributed by atoms with van der Waals surface area (Å²) in [6.45, 7) is 15.3. The molecule has 0 N–H and O–H groups in total. The van der Waals surface area contributed by atoms with Crippen molar-refractivity contribution in [2.45, 2.75) is 79.7 Å². The van der Waals surface area contributed by atoms with Gasteiger partial charge in [0.1, 0.15) is 0 Å². The van der Waals surface area contributed by atoms with Gasteiger partial charge in [0.25, 0.3) is 0 Å². The molecular formula is C25H35N3O. The summed E-state index contributed by atoms with van der Waals surface area (Å²) < 4.78 is 8.16. The van der Waals surface area contributed by atoms with Crippen LogP contribution < -0.4 is 4.74 Å². The molecule has 29 heavy (non-hydrogen) atoms. The number of hydrogen-bond acceptors (Lipinski definition) is 3. The average molecular weight is 394 g/mol. The van der Waals surface area contributed by atoms with Gasteiger partial charge in [-0.1, -0.05) is 34.6 Å². The molecule has 0 aromatic carbocycles. The molecule has 0 atom stereocenters. The van der Waals surface area contributed by atoms with Crippen LogP contribution in [0.2, 0.25) is 0 Å². The minimum atomic E-state index is 0.357. The zero-order valence-electron chi connectivity index (χ0n) is 19.3. The maximum Gasteiger partial charge on any atom is 0.223 e. The van der Waals surface area contributed by atoms with E-state index in [0.717, 1.165) is 47.3 Å². The van der Waals surface area contributed by atoms with E-state index in [4.69, 9.17) is 14.7 Å². The van der Waals surface area contributed by atoms with Crippen LogP contribution in [0.1, 0.15) is 81.8 Å². The molecule has 0 bridgehead atoms. The van der Waals surface area contributed by atoms with Crippen molar-refractivity contribution in [2.75, 3.05) is 7.11 Å². The third-order valence-corrected chi connectivity index (χ3v) is 6.00. The highest BCUT2D eigenvalue weighted by Crippen LogP contribution is 2.37. The van der Waals surface area contributed by atoms with E-state index in [1.165, 1.54) is 16.6 Å². The Morgan fingerprint density at radius 1 is 1.00 bits per heavy atom. The lowest BCUT2D eigenvalue weighted by atomic mass is 9.97. The van der Waals surface area contributed by atoms with Gasteiger partial charge in [-0.05, 0) is 67.9 Å². The summed E-state index contributed by atoms with van der Waals surface area (Å²) in [7, 11) is 1.71. The summed E-state index contributed by atoms with van der Waals surface area (Å²) in [5.74, 6) is 1.04. The molecule has 156 valence electrons. The molecule has 0 aliphatic rings. The second-order valence-corrected chi connectivity index (χ2v) is 8.31. The quantitative estimate of drug-likeness (QED) is 0.444. The Hall–Kier alpha value is -2.36. The minimum absolute atomic E-state index is 0.357. The van der Waals surface area contributed by atoms with Crippen molar-refractivity contribution >= 4 is 11.0 Å². The van der Waals surface area contributed by atoms with E-state index in [2.05, 4.69) is 71.4 Å². The number of aromatic nitrogens is 3. The average Bonchev–Trinajstić information content (AvgIpc) is 3.02. The van der Waals surface area contributed by atoms with Gasteiger partial charge in [-0.3, -0.25) is 0 Å². The summed E-state index contributed by atoms with van der Waals surface area (Å²) in [6.07, 6.45) is 5.42. The molecule has 0 spiro atoms. The van der Waals surface area contributed by atoms with Crippen molar-refractivity contribution in [3.8, 4) is 17.1 Å². The van der Waals surface area contributed by atoms with Gasteiger partial charge >= 0.3 is 0 Å². The molecule has 3 heterocycles. The van der Waals surface area contributed by atoms with Gasteiger partial charge in [0.15, 0.2) is 0 Å². The van der Waals surface area contributed by atoms with Crippen LogP contribution in [-0.4, -0.2) is 21.6 Å².